The molecule has 1 aliphatic rings. The monoisotopic (exact) mass is 280 g/mol. The number of carbonyl (C=O) groups is 1. The quantitative estimate of drug-likeness (QED) is 0.772. The zero-order valence-corrected chi connectivity index (χ0v) is 12.7. The van der Waals surface area contributed by atoms with Crippen molar-refractivity contribution in [3.05, 3.63) is 59.7 Å². The van der Waals surface area contributed by atoms with Crippen LogP contribution in [0.3, 0.4) is 0 Å². The minimum absolute atomic E-state index is 0.153. The largest absolute Gasteiger partial charge is 0.459 e. The Labute approximate surface area is 125 Å². The molecule has 0 bridgehead atoms. The fourth-order valence-electron chi connectivity index (χ4n) is 2.81. The van der Waals surface area contributed by atoms with Gasteiger partial charge in [0.2, 0.25) is 0 Å². The summed E-state index contributed by atoms with van der Waals surface area (Å²) in [5.41, 5.74) is 3.96. The van der Waals surface area contributed by atoms with Gasteiger partial charge in [-0.3, -0.25) is 4.79 Å². The van der Waals surface area contributed by atoms with Crippen LogP contribution < -0.4 is 0 Å². The topological polar surface area (TPSA) is 26.3 Å². The van der Waals surface area contributed by atoms with Gasteiger partial charge in [0.15, 0.2) is 0 Å². The molecule has 2 heteroatoms. The molecule has 0 fully saturated rings. The molecule has 108 valence electrons. The van der Waals surface area contributed by atoms with E-state index < -0.39 is 5.60 Å². The number of rotatable bonds is 3. The van der Waals surface area contributed by atoms with Crippen LogP contribution in [-0.4, -0.2) is 11.6 Å². The molecule has 0 atom stereocenters. The molecule has 0 N–H and O–H groups in total. The molecular weight excluding hydrogens is 260 g/mol. The Morgan fingerprint density at radius 2 is 1.48 bits per heavy atom. The zero-order valence-electron chi connectivity index (χ0n) is 12.7. The van der Waals surface area contributed by atoms with Crippen LogP contribution in [-0.2, 0) is 9.53 Å². The fourth-order valence-corrected chi connectivity index (χ4v) is 2.81. The molecule has 21 heavy (non-hydrogen) atoms. The van der Waals surface area contributed by atoms with E-state index in [-0.39, 0.29) is 11.9 Å². The lowest BCUT2D eigenvalue weighted by Crippen LogP contribution is -2.30. The first-order valence-corrected chi connectivity index (χ1v) is 7.44. The molecule has 0 unspecified atom stereocenters. The third-order valence-corrected chi connectivity index (χ3v) is 4.30. The van der Waals surface area contributed by atoms with Crippen molar-refractivity contribution in [2.45, 2.75) is 38.7 Å². The third-order valence-electron chi connectivity index (χ3n) is 4.30. The maximum atomic E-state index is 12.7. The maximum Gasteiger partial charge on any atom is 0.318 e. The lowest BCUT2D eigenvalue weighted by Gasteiger charge is -2.25. The van der Waals surface area contributed by atoms with E-state index >= 15 is 0 Å². The average molecular weight is 280 g/mol. The summed E-state index contributed by atoms with van der Waals surface area (Å²) in [6, 6.07) is 16.2. The molecule has 0 aromatic heterocycles. The molecule has 2 aromatic carbocycles. The summed E-state index contributed by atoms with van der Waals surface area (Å²) in [5, 5.41) is 0. The van der Waals surface area contributed by atoms with Crippen LogP contribution in [0, 0.1) is 0 Å². The molecule has 0 radical (unpaired) electrons. The fraction of sp³-hybridized carbons (Fsp3) is 0.316. The van der Waals surface area contributed by atoms with Gasteiger partial charge in [0.1, 0.15) is 11.5 Å². The number of benzene rings is 2. The predicted octanol–water partition coefficient (Wildman–Crippen LogP) is 4.53. The van der Waals surface area contributed by atoms with Crippen LogP contribution in [0.5, 0.6) is 0 Å². The van der Waals surface area contributed by atoms with Crippen molar-refractivity contribution in [2.75, 3.05) is 0 Å². The summed E-state index contributed by atoms with van der Waals surface area (Å²) < 4.78 is 5.75. The molecule has 0 spiro atoms. The third kappa shape index (κ3) is 2.35. The van der Waals surface area contributed by atoms with Crippen LogP contribution in [0.25, 0.3) is 11.1 Å². The number of esters is 1. The summed E-state index contributed by atoms with van der Waals surface area (Å²) in [4.78, 5) is 12.7. The Bertz CT molecular complexity index is 640. The Morgan fingerprint density at radius 3 is 1.95 bits per heavy atom. The summed E-state index contributed by atoms with van der Waals surface area (Å²) in [7, 11) is 0. The Kier molecular flexibility index (Phi) is 3.32. The highest BCUT2D eigenvalue weighted by molar-refractivity contribution is 5.93. The van der Waals surface area contributed by atoms with Crippen LogP contribution in [0.1, 0.15) is 44.2 Å². The smallest absolute Gasteiger partial charge is 0.318 e. The Balaban J connectivity index is 2.05. The van der Waals surface area contributed by atoms with Gasteiger partial charge >= 0.3 is 5.97 Å². The molecule has 0 amide bonds. The van der Waals surface area contributed by atoms with E-state index in [1.54, 1.807) is 0 Å². The summed E-state index contributed by atoms with van der Waals surface area (Å²) >= 11 is 0. The summed E-state index contributed by atoms with van der Waals surface area (Å²) in [6.45, 7) is 5.94. The van der Waals surface area contributed by atoms with E-state index in [9.17, 15) is 4.79 Å². The predicted molar refractivity (Wildman–Crippen MR) is 84.2 cm³/mol. The van der Waals surface area contributed by atoms with Crippen molar-refractivity contribution in [2.24, 2.45) is 0 Å². The first kappa shape index (κ1) is 13.9. The van der Waals surface area contributed by atoms with Gasteiger partial charge in [-0.15, -0.1) is 0 Å². The van der Waals surface area contributed by atoms with Crippen LogP contribution in [0.15, 0.2) is 48.5 Å². The van der Waals surface area contributed by atoms with Crippen LogP contribution in [0.2, 0.25) is 0 Å². The number of fused-ring (bicyclic) bond motifs is 3. The van der Waals surface area contributed by atoms with E-state index in [2.05, 4.69) is 12.1 Å². The van der Waals surface area contributed by atoms with Crippen molar-refractivity contribution < 1.29 is 9.53 Å². The van der Waals surface area contributed by atoms with Gasteiger partial charge in [-0.2, -0.15) is 0 Å². The number of ether oxygens (including phenoxy) is 1. The second kappa shape index (κ2) is 5.03. The second-order valence-electron chi connectivity index (χ2n) is 6.14. The molecule has 0 aliphatic heterocycles. The minimum Gasteiger partial charge on any atom is -0.459 e. The Morgan fingerprint density at radius 1 is 1.00 bits per heavy atom. The number of hydrogen-bond donors (Lipinski definition) is 0. The first-order valence-electron chi connectivity index (χ1n) is 7.44. The van der Waals surface area contributed by atoms with E-state index in [0.29, 0.717) is 0 Å². The molecule has 2 nitrogen and oxygen atoms in total. The first-order chi connectivity index (χ1) is 10.0. The van der Waals surface area contributed by atoms with E-state index in [1.807, 2.05) is 57.2 Å². The van der Waals surface area contributed by atoms with Gasteiger partial charge < -0.3 is 4.74 Å². The standard InChI is InChI=1S/C19H20O2/c1-4-19(2,3)21-18(20)17-15-11-7-5-9-13(15)14-10-6-8-12-16(14)17/h5-12,17H,4H2,1-3H3. The van der Waals surface area contributed by atoms with Gasteiger partial charge in [-0.05, 0) is 42.5 Å². The average Bonchev–Trinajstić information content (AvgIpc) is 2.81. The van der Waals surface area contributed by atoms with Crippen molar-refractivity contribution in [1.29, 1.82) is 0 Å². The molecule has 0 saturated heterocycles. The van der Waals surface area contributed by atoms with Gasteiger partial charge in [-0.1, -0.05) is 55.5 Å². The van der Waals surface area contributed by atoms with Gasteiger partial charge in [0.25, 0.3) is 0 Å². The lowest BCUT2D eigenvalue weighted by molar-refractivity contribution is -0.157. The number of carbonyl (C=O) groups excluding carboxylic acids is 1. The highest BCUT2D eigenvalue weighted by Gasteiger charge is 2.36. The van der Waals surface area contributed by atoms with Crippen molar-refractivity contribution in [1.82, 2.24) is 0 Å². The van der Waals surface area contributed by atoms with Crippen molar-refractivity contribution in [3.63, 3.8) is 0 Å². The van der Waals surface area contributed by atoms with Crippen molar-refractivity contribution >= 4 is 5.97 Å². The highest BCUT2D eigenvalue weighted by atomic mass is 16.6. The van der Waals surface area contributed by atoms with E-state index in [4.69, 9.17) is 4.74 Å². The molecule has 0 heterocycles. The van der Waals surface area contributed by atoms with Gasteiger partial charge in [0, 0.05) is 0 Å². The van der Waals surface area contributed by atoms with Crippen LogP contribution >= 0.6 is 0 Å². The zero-order chi connectivity index (χ0) is 15.0. The highest BCUT2D eigenvalue weighted by Crippen LogP contribution is 2.45. The molecule has 2 aromatic rings. The maximum absolute atomic E-state index is 12.7. The van der Waals surface area contributed by atoms with Gasteiger partial charge in [0.05, 0.1) is 0 Å². The summed E-state index contributed by atoms with van der Waals surface area (Å²) in [5.74, 6) is -0.456. The Hall–Kier alpha value is -2.09. The molecule has 3 rings (SSSR count). The number of hydrogen-bond acceptors (Lipinski definition) is 2. The molecular formula is C19H20O2. The molecule has 1 aliphatic carbocycles. The van der Waals surface area contributed by atoms with Gasteiger partial charge in [-0.25, -0.2) is 0 Å². The minimum atomic E-state index is -0.427. The molecule has 0 saturated carbocycles. The van der Waals surface area contributed by atoms with Crippen molar-refractivity contribution in [3.8, 4) is 11.1 Å². The second-order valence-corrected chi connectivity index (χ2v) is 6.14. The normalized spacial score (nSPS) is 13.7. The van der Waals surface area contributed by atoms with Crippen LogP contribution in [0.4, 0.5) is 0 Å². The lowest BCUT2D eigenvalue weighted by atomic mass is 9.96. The summed E-state index contributed by atoms with van der Waals surface area (Å²) in [6.07, 6.45) is 0.800. The SMILES string of the molecule is CCC(C)(C)OC(=O)C1c2ccccc2-c2ccccc21. The van der Waals surface area contributed by atoms with E-state index in [0.717, 1.165) is 28.7 Å². The van der Waals surface area contributed by atoms with E-state index in [1.165, 1.54) is 0 Å².